The Kier molecular flexibility index (Phi) is 4.20. The van der Waals surface area contributed by atoms with Gasteiger partial charge < -0.3 is 9.84 Å². The molecule has 17 heavy (non-hydrogen) atoms. The summed E-state index contributed by atoms with van der Waals surface area (Å²) in [5, 5.41) is 9.22. The molecule has 0 radical (unpaired) electrons. The molecule has 3 nitrogen and oxygen atoms in total. The highest BCUT2D eigenvalue weighted by Gasteiger charge is 2.34. The predicted octanol–water partition coefficient (Wildman–Crippen LogP) is 2.55. The number of benzene rings is 1. The first kappa shape index (κ1) is 13.0. The summed E-state index contributed by atoms with van der Waals surface area (Å²) in [7, 11) is 0. The van der Waals surface area contributed by atoms with Gasteiger partial charge in [0.05, 0.1) is 12.7 Å². The molecule has 0 bridgehead atoms. The van der Waals surface area contributed by atoms with Gasteiger partial charge in [0.15, 0.2) is 0 Å². The van der Waals surface area contributed by atoms with Crippen molar-refractivity contribution in [3.05, 3.63) is 34.3 Å². The van der Waals surface area contributed by atoms with E-state index in [0.717, 1.165) is 16.6 Å². The summed E-state index contributed by atoms with van der Waals surface area (Å²) in [6.45, 7) is 5.15. The van der Waals surface area contributed by atoms with Crippen molar-refractivity contribution >= 4 is 15.9 Å². The number of hydrogen-bond donors (Lipinski definition) is 1. The van der Waals surface area contributed by atoms with Crippen LogP contribution >= 0.6 is 15.9 Å². The molecule has 1 aromatic rings. The van der Waals surface area contributed by atoms with Gasteiger partial charge in [-0.05, 0) is 31.5 Å². The maximum Gasteiger partial charge on any atom is 0.137 e. The third-order valence-electron chi connectivity index (χ3n) is 3.04. The summed E-state index contributed by atoms with van der Waals surface area (Å²) in [6.07, 6.45) is -0.133. The summed E-state index contributed by atoms with van der Waals surface area (Å²) < 4.78 is 6.93. The first-order chi connectivity index (χ1) is 8.11. The van der Waals surface area contributed by atoms with Crippen LogP contribution in [0.1, 0.15) is 25.6 Å². The van der Waals surface area contributed by atoms with Crippen molar-refractivity contribution in [1.82, 2.24) is 4.90 Å². The molecule has 1 aromatic carbocycles. The normalized spacial score (nSPS) is 25.7. The number of ether oxygens (including phenoxy) is 1. The number of aliphatic hydroxyl groups is 1. The molecule has 0 spiro atoms. The lowest BCUT2D eigenvalue weighted by Gasteiger charge is -2.26. The van der Waals surface area contributed by atoms with Gasteiger partial charge in [0, 0.05) is 17.1 Å². The predicted molar refractivity (Wildman–Crippen MR) is 70.7 cm³/mol. The van der Waals surface area contributed by atoms with Gasteiger partial charge in [0.25, 0.3) is 0 Å². The van der Waals surface area contributed by atoms with Crippen LogP contribution in [0.25, 0.3) is 0 Å². The summed E-state index contributed by atoms with van der Waals surface area (Å²) in [6, 6.07) is 8.54. The molecule has 0 amide bonds. The molecule has 0 aliphatic carbocycles. The molecule has 0 saturated carbocycles. The standard InChI is InChI=1S/C13H18BrNO2/c1-9(2)15-7-12(8-16)17-13(15)10-4-3-5-11(14)6-10/h3-6,9,12-13,16H,7-8H2,1-2H3. The molecular weight excluding hydrogens is 282 g/mol. The number of halogens is 1. The van der Waals surface area contributed by atoms with Gasteiger partial charge in [0.1, 0.15) is 6.23 Å². The quantitative estimate of drug-likeness (QED) is 0.931. The minimum absolute atomic E-state index is 0.0513. The molecule has 1 fully saturated rings. The Labute approximate surface area is 111 Å². The van der Waals surface area contributed by atoms with E-state index in [1.165, 1.54) is 0 Å². The molecule has 94 valence electrons. The molecular formula is C13H18BrNO2. The lowest BCUT2D eigenvalue weighted by Crippen LogP contribution is -2.32. The second-order valence-electron chi connectivity index (χ2n) is 4.64. The van der Waals surface area contributed by atoms with Crippen molar-refractivity contribution in [3.63, 3.8) is 0 Å². The van der Waals surface area contributed by atoms with Crippen LogP contribution in [0.4, 0.5) is 0 Å². The van der Waals surface area contributed by atoms with Gasteiger partial charge in [-0.2, -0.15) is 0 Å². The van der Waals surface area contributed by atoms with E-state index in [2.05, 4.69) is 46.8 Å². The van der Waals surface area contributed by atoms with Gasteiger partial charge in [-0.15, -0.1) is 0 Å². The summed E-state index contributed by atoms with van der Waals surface area (Å²) in [4.78, 5) is 2.27. The van der Waals surface area contributed by atoms with E-state index in [-0.39, 0.29) is 18.9 Å². The maximum absolute atomic E-state index is 9.22. The minimum Gasteiger partial charge on any atom is -0.394 e. The summed E-state index contributed by atoms with van der Waals surface area (Å²) in [5.74, 6) is 0. The van der Waals surface area contributed by atoms with Crippen LogP contribution in [-0.2, 0) is 4.74 Å². The molecule has 2 unspecified atom stereocenters. The Morgan fingerprint density at radius 2 is 2.29 bits per heavy atom. The van der Waals surface area contributed by atoms with E-state index in [1.54, 1.807) is 0 Å². The summed E-state index contributed by atoms with van der Waals surface area (Å²) in [5.41, 5.74) is 1.13. The second kappa shape index (κ2) is 5.48. The lowest BCUT2D eigenvalue weighted by molar-refractivity contribution is -0.0267. The van der Waals surface area contributed by atoms with E-state index >= 15 is 0 Å². The van der Waals surface area contributed by atoms with Crippen LogP contribution in [0.3, 0.4) is 0 Å². The molecule has 1 heterocycles. The zero-order valence-electron chi connectivity index (χ0n) is 10.1. The Hall–Kier alpha value is -0.420. The van der Waals surface area contributed by atoms with Crippen LogP contribution < -0.4 is 0 Å². The Morgan fingerprint density at radius 1 is 1.53 bits per heavy atom. The van der Waals surface area contributed by atoms with Gasteiger partial charge in [-0.3, -0.25) is 4.90 Å². The first-order valence-electron chi connectivity index (χ1n) is 5.89. The van der Waals surface area contributed by atoms with E-state index in [1.807, 2.05) is 12.1 Å². The molecule has 2 atom stereocenters. The molecule has 1 N–H and O–H groups in total. The molecule has 2 rings (SSSR count). The fourth-order valence-electron chi connectivity index (χ4n) is 2.15. The van der Waals surface area contributed by atoms with Crippen LogP contribution in [-0.4, -0.2) is 35.3 Å². The molecule has 1 aliphatic heterocycles. The number of hydrogen-bond acceptors (Lipinski definition) is 3. The third kappa shape index (κ3) is 2.88. The van der Waals surface area contributed by atoms with E-state index in [0.29, 0.717) is 6.04 Å². The van der Waals surface area contributed by atoms with Crippen molar-refractivity contribution < 1.29 is 9.84 Å². The van der Waals surface area contributed by atoms with Gasteiger partial charge in [0.2, 0.25) is 0 Å². The molecule has 0 aromatic heterocycles. The van der Waals surface area contributed by atoms with Gasteiger partial charge >= 0.3 is 0 Å². The molecule has 1 saturated heterocycles. The average molecular weight is 300 g/mol. The third-order valence-corrected chi connectivity index (χ3v) is 3.53. The first-order valence-corrected chi connectivity index (χ1v) is 6.68. The Bertz CT molecular complexity index is 383. The van der Waals surface area contributed by atoms with Crippen LogP contribution in [0.15, 0.2) is 28.7 Å². The largest absolute Gasteiger partial charge is 0.394 e. The average Bonchev–Trinajstić information content (AvgIpc) is 2.73. The number of aliphatic hydroxyl groups excluding tert-OH is 1. The van der Waals surface area contributed by atoms with Crippen molar-refractivity contribution in [2.75, 3.05) is 13.2 Å². The number of rotatable bonds is 3. The smallest absolute Gasteiger partial charge is 0.137 e. The minimum atomic E-state index is -0.0821. The van der Waals surface area contributed by atoms with Crippen molar-refractivity contribution in [3.8, 4) is 0 Å². The van der Waals surface area contributed by atoms with Crippen LogP contribution in [0, 0.1) is 0 Å². The van der Waals surface area contributed by atoms with Crippen molar-refractivity contribution in [2.45, 2.75) is 32.2 Å². The van der Waals surface area contributed by atoms with Crippen LogP contribution in [0.5, 0.6) is 0 Å². The Balaban J connectivity index is 2.23. The highest BCUT2D eigenvalue weighted by atomic mass is 79.9. The topological polar surface area (TPSA) is 32.7 Å². The lowest BCUT2D eigenvalue weighted by atomic mass is 10.1. The van der Waals surface area contributed by atoms with E-state index in [9.17, 15) is 5.11 Å². The van der Waals surface area contributed by atoms with Gasteiger partial charge in [-0.25, -0.2) is 0 Å². The second-order valence-corrected chi connectivity index (χ2v) is 5.55. The van der Waals surface area contributed by atoms with Crippen molar-refractivity contribution in [2.24, 2.45) is 0 Å². The highest BCUT2D eigenvalue weighted by Crippen LogP contribution is 2.32. The molecule has 4 heteroatoms. The van der Waals surface area contributed by atoms with E-state index < -0.39 is 0 Å². The zero-order valence-corrected chi connectivity index (χ0v) is 11.7. The number of nitrogens with zero attached hydrogens (tertiary/aromatic N) is 1. The zero-order chi connectivity index (χ0) is 12.4. The van der Waals surface area contributed by atoms with Crippen molar-refractivity contribution in [1.29, 1.82) is 0 Å². The fraction of sp³-hybridized carbons (Fsp3) is 0.538. The monoisotopic (exact) mass is 299 g/mol. The Morgan fingerprint density at radius 3 is 2.88 bits per heavy atom. The summed E-state index contributed by atoms with van der Waals surface area (Å²) >= 11 is 3.47. The fourth-order valence-corrected chi connectivity index (χ4v) is 2.56. The van der Waals surface area contributed by atoms with Gasteiger partial charge in [-0.1, -0.05) is 28.1 Å². The highest BCUT2D eigenvalue weighted by molar-refractivity contribution is 9.10. The SMILES string of the molecule is CC(C)N1CC(CO)OC1c1cccc(Br)c1. The molecule has 1 aliphatic rings. The van der Waals surface area contributed by atoms with E-state index in [4.69, 9.17) is 4.74 Å². The maximum atomic E-state index is 9.22. The van der Waals surface area contributed by atoms with Crippen LogP contribution in [0.2, 0.25) is 0 Å².